The summed E-state index contributed by atoms with van der Waals surface area (Å²) in [5, 5.41) is 5.19. The molecule has 1 aromatic carbocycles. The third-order valence-corrected chi connectivity index (χ3v) is 3.55. The molecule has 2 rings (SSSR count). The van der Waals surface area contributed by atoms with Crippen molar-refractivity contribution in [3.05, 3.63) is 51.5 Å². The number of anilines is 1. The van der Waals surface area contributed by atoms with E-state index in [0.717, 1.165) is 5.56 Å². The van der Waals surface area contributed by atoms with E-state index in [9.17, 15) is 4.39 Å². The maximum atomic E-state index is 13.4. The molecule has 0 radical (unpaired) electrons. The summed E-state index contributed by atoms with van der Waals surface area (Å²) < 4.78 is 13.4. The van der Waals surface area contributed by atoms with Crippen LogP contribution in [0.4, 0.5) is 10.1 Å². The van der Waals surface area contributed by atoms with Gasteiger partial charge in [-0.3, -0.25) is 0 Å². The Morgan fingerprint density at radius 3 is 2.75 bits per heavy atom. The van der Waals surface area contributed by atoms with Crippen LogP contribution in [0.2, 0.25) is 0 Å². The van der Waals surface area contributed by atoms with Crippen LogP contribution in [0.15, 0.2) is 29.6 Å². The zero-order chi connectivity index (χ0) is 11.5. The lowest BCUT2D eigenvalue weighted by atomic mass is 10.2. The first kappa shape index (κ1) is 11.1. The van der Waals surface area contributed by atoms with Gasteiger partial charge in [0.2, 0.25) is 0 Å². The Balaban J connectivity index is 2.10. The highest BCUT2D eigenvalue weighted by Crippen LogP contribution is 2.20. The van der Waals surface area contributed by atoms with E-state index in [0.29, 0.717) is 12.2 Å². The van der Waals surface area contributed by atoms with Gasteiger partial charge in [-0.1, -0.05) is 6.07 Å². The van der Waals surface area contributed by atoms with Crippen molar-refractivity contribution in [3.8, 4) is 0 Å². The monoisotopic (exact) mass is 235 g/mol. The summed E-state index contributed by atoms with van der Waals surface area (Å²) in [7, 11) is 0. The number of thiophene rings is 1. The normalized spacial score (nSPS) is 10.4. The van der Waals surface area contributed by atoms with Crippen LogP contribution in [0.1, 0.15) is 16.0 Å². The van der Waals surface area contributed by atoms with E-state index in [4.69, 9.17) is 0 Å². The van der Waals surface area contributed by atoms with Crippen molar-refractivity contribution in [2.75, 3.05) is 5.32 Å². The summed E-state index contributed by atoms with van der Waals surface area (Å²) in [4.78, 5) is 1.25. The fourth-order valence-corrected chi connectivity index (χ4v) is 2.38. The Bertz CT molecular complexity index is 490. The average Bonchev–Trinajstić information content (AvgIpc) is 2.66. The number of nitrogens with one attached hydrogen (secondary N) is 1. The van der Waals surface area contributed by atoms with Crippen LogP contribution in [-0.4, -0.2) is 0 Å². The summed E-state index contributed by atoms with van der Waals surface area (Å²) in [5.74, 6) is -0.195. The van der Waals surface area contributed by atoms with Crippen molar-refractivity contribution >= 4 is 17.0 Å². The van der Waals surface area contributed by atoms with Crippen LogP contribution in [0.25, 0.3) is 0 Å². The van der Waals surface area contributed by atoms with E-state index in [1.54, 1.807) is 17.4 Å². The number of hydrogen-bond acceptors (Lipinski definition) is 2. The molecule has 1 nitrogen and oxygen atoms in total. The molecule has 0 aliphatic heterocycles. The Hall–Kier alpha value is -1.35. The maximum Gasteiger partial charge on any atom is 0.146 e. The Labute approximate surface area is 98.9 Å². The molecule has 0 aliphatic carbocycles. The van der Waals surface area contributed by atoms with Crippen LogP contribution >= 0.6 is 11.3 Å². The minimum atomic E-state index is -0.195. The van der Waals surface area contributed by atoms with Crippen molar-refractivity contribution in [1.29, 1.82) is 0 Å². The third kappa shape index (κ3) is 2.42. The van der Waals surface area contributed by atoms with Gasteiger partial charge in [0.25, 0.3) is 0 Å². The molecular formula is C13H14FNS. The molecule has 1 N–H and O–H groups in total. The highest BCUT2D eigenvalue weighted by Gasteiger charge is 2.03. The molecule has 2 aromatic rings. The van der Waals surface area contributed by atoms with Gasteiger partial charge in [0.1, 0.15) is 5.82 Å². The second-order valence-electron chi connectivity index (χ2n) is 3.86. The summed E-state index contributed by atoms with van der Waals surface area (Å²) in [5.41, 5.74) is 2.89. The molecule has 0 unspecified atom stereocenters. The smallest absolute Gasteiger partial charge is 0.146 e. The fourth-order valence-electron chi connectivity index (χ4n) is 1.54. The van der Waals surface area contributed by atoms with Crippen LogP contribution in [0, 0.1) is 19.7 Å². The van der Waals surface area contributed by atoms with Gasteiger partial charge in [0, 0.05) is 11.4 Å². The second kappa shape index (κ2) is 4.66. The van der Waals surface area contributed by atoms with Crippen LogP contribution in [-0.2, 0) is 6.54 Å². The summed E-state index contributed by atoms with van der Waals surface area (Å²) in [6, 6.07) is 7.18. The van der Waals surface area contributed by atoms with Gasteiger partial charge >= 0.3 is 0 Å². The van der Waals surface area contributed by atoms with Crippen LogP contribution in [0.3, 0.4) is 0 Å². The first-order chi connectivity index (χ1) is 7.66. The van der Waals surface area contributed by atoms with E-state index in [-0.39, 0.29) is 5.82 Å². The number of halogens is 1. The standard InChI is InChI=1S/C13H14FNS/c1-9-3-4-11(14)12(7-9)15-8-13-10(2)5-6-16-13/h3-7,15H,8H2,1-2H3. The molecule has 3 heteroatoms. The van der Waals surface area contributed by atoms with Crippen molar-refractivity contribution < 1.29 is 4.39 Å². The highest BCUT2D eigenvalue weighted by atomic mass is 32.1. The fraction of sp³-hybridized carbons (Fsp3) is 0.231. The average molecular weight is 235 g/mol. The largest absolute Gasteiger partial charge is 0.378 e. The minimum Gasteiger partial charge on any atom is -0.378 e. The minimum absolute atomic E-state index is 0.195. The number of rotatable bonds is 3. The van der Waals surface area contributed by atoms with Gasteiger partial charge < -0.3 is 5.32 Å². The predicted octanol–water partition coefficient (Wildman–Crippen LogP) is 4.12. The topological polar surface area (TPSA) is 12.0 Å². The van der Waals surface area contributed by atoms with Crippen LogP contribution < -0.4 is 5.32 Å². The molecule has 1 aromatic heterocycles. The lowest BCUT2D eigenvalue weighted by Crippen LogP contribution is -2.01. The van der Waals surface area contributed by atoms with Gasteiger partial charge in [0.15, 0.2) is 0 Å². The Morgan fingerprint density at radius 2 is 2.06 bits per heavy atom. The molecule has 0 atom stereocenters. The Kier molecular flexibility index (Phi) is 3.25. The second-order valence-corrected chi connectivity index (χ2v) is 4.86. The zero-order valence-electron chi connectivity index (χ0n) is 9.38. The number of benzene rings is 1. The molecule has 0 spiro atoms. The lowest BCUT2D eigenvalue weighted by molar-refractivity contribution is 0.630. The molecule has 0 amide bonds. The zero-order valence-corrected chi connectivity index (χ0v) is 10.2. The van der Waals surface area contributed by atoms with Gasteiger partial charge in [-0.05, 0) is 48.6 Å². The van der Waals surface area contributed by atoms with E-state index in [1.807, 2.05) is 13.0 Å². The van der Waals surface area contributed by atoms with E-state index in [1.165, 1.54) is 16.5 Å². The van der Waals surface area contributed by atoms with Crippen molar-refractivity contribution in [2.24, 2.45) is 0 Å². The van der Waals surface area contributed by atoms with E-state index in [2.05, 4.69) is 23.7 Å². The third-order valence-electron chi connectivity index (χ3n) is 2.53. The summed E-state index contributed by atoms with van der Waals surface area (Å²) in [6.07, 6.45) is 0. The molecule has 0 aliphatic rings. The van der Waals surface area contributed by atoms with Gasteiger partial charge in [0.05, 0.1) is 5.69 Å². The van der Waals surface area contributed by atoms with Crippen molar-refractivity contribution in [2.45, 2.75) is 20.4 Å². The maximum absolute atomic E-state index is 13.4. The van der Waals surface area contributed by atoms with Crippen molar-refractivity contribution in [3.63, 3.8) is 0 Å². The predicted molar refractivity (Wildman–Crippen MR) is 67.5 cm³/mol. The number of aryl methyl sites for hydroxylation is 2. The van der Waals surface area contributed by atoms with Gasteiger partial charge in [-0.2, -0.15) is 0 Å². The van der Waals surface area contributed by atoms with Gasteiger partial charge in [-0.25, -0.2) is 4.39 Å². The molecule has 84 valence electrons. The molecule has 0 saturated heterocycles. The number of hydrogen-bond donors (Lipinski definition) is 1. The first-order valence-corrected chi connectivity index (χ1v) is 6.08. The first-order valence-electron chi connectivity index (χ1n) is 5.20. The molecular weight excluding hydrogens is 221 g/mol. The molecule has 0 bridgehead atoms. The van der Waals surface area contributed by atoms with E-state index >= 15 is 0 Å². The Morgan fingerprint density at radius 1 is 1.25 bits per heavy atom. The SMILES string of the molecule is Cc1ccc(F)c(NCc2sccc2C)c1. The highest BCUT2D eigenvalue weighted by molar-refractivity contribution is 7.10. The molecule has 0 fully saturated rings. The van der Waals surface area contributed by atoms with Crippen LogP contribution in [0.5, 0.6) is 0 Å². The summed E-state index contributed by atoms with van der Waals surface area (Å²) >= 11 is 1.69. The molecule has 16 heavy (non-hydrogen) atoms. The van der Waals surface area contributed by atoms with E-state index < -0.39 is 0 Å². The van der Waals surface area contributed by atoms with Crippen molar-refractivity contribution in [1.82, 2.24) is 0 Å². The quantitative estimate of drug-likeness (QED) is 0.844. The lowest BCUT2D eigenvalue weighted by Gasteiger charge is -2.07. The van der Waals surface area contributed by atoms with Gasteiger partial charge in [-0.15, -0.1) is 11.3 Å². The molecule has 0 saturated carbocycles. The summed E-state index contributed by atoms with van der Waals surface area (Å²) in [6.45, 7) is 4.71. The molecule has 1 heterocycles.